The van der Waals surface area contributed by atoms with Gasteiger partial charge in [-0.1, -0.05) is 23.7 Å². The number of Topliss-reactive ketones (excluding diaryl/α,β-unsaturated/α-hetero) is 1. The largest absolute Gasteiger partial charge is 0.412 e. The number of ketones is 1. The number of rotatable bonds is 2. The highest BCUT2D eigenvalue weighted by Gasteiger charge is 2.04. The molecule has 0 heterocycles. The van der Waals surface area contributed by atoms with Gasteiger partial charge in [-0.25, -0.2) is 0 Å². The molecule has 70 valence electrons. The Bertz CT molecular complexity index is 334. The van der Waals surface area contributed by atoms with E-state index < -0.39 is 5.78 Å². The zero-order chi connectivity index (χ0) is 9.14. The number of aldehydes is 1. The Labute approximate surface area is 80.6 Å². The molecule has 0 spiro atoms. The lowest BCUT2D eigenvalue weighted by molar-refractivity contribution is -0.104. The van der Waals surface area contributed by atoms with Crippen LogP contribution in [0.5, 0.6) is 0 Å². The Morgan fingerprint density at radius 1 is 1.46 bits per heavy atom. The van der Waals surface area contributed by atoms with Gasteiger partial charge in [-0.3, -0.25) is 9.59 Å². The second-order valence-electron chi connectivity index (χ2n) is 2.45. The van der Waals surface area contributed by atoms with E-state index in [4.69, 9.17) is 11.6 Å². The highest BCUT2D eigenvalue weighted by Crippen LogP contribution is 2.16. The summed E-state index contributed by atoms with van der Waals surface area (Å²) >= 11 is 5.75. The fraction of sp³-hybridized carbons (Fsp3) is 0.111. The topological polar surface area (TPSA) is 65.6 Å². The van der Waals surface area contributed by atoms with Crippen molar-refractivity contribution in [3.63, 3.8) is 0 Å². The molecule has 0 fully saturated rings. The number of carbonyl (C=O) groups is 2. The lowest BCUT2D eigenvalue weighted by atomic mass is 10.1. The molecule has 1 aromatic rings. The van der Waals surface area contributed by atoms with Crippen molar-refractivity contribution in [1.29, 1.82) is 0 Å². The van der Waals surface area contributed by atoms with Crippen LogP contribution in [0.3, 0.4) is 0 Å². The van der Waals surface area contributed by atoms with Crippen molar-refractivity contribution < 1.29 is 15.1 Å². The van der Waals surface area contributed by atoms with Crippen LogP contribution in [-0.2, 0) is 4.79 Å². The van der Waals surface area contributed by atoms with E-state index in [2.05, 4.69) is 0 Å². The van der Waals surface area contributed by atoms with Crippen molar-refractivity contribution >= 4 is 23.7 Å². The van der Waals surface area contributed by atoms with Gasteiger partial charge in [-0.2, -0.15) is 0 Å². The molecule has 0 radical (unpaired) electrons. The zero-order valence-electron chi connectivity index (χ0n) is 7.00. The van der Waals surface area contributed by atoms with Gasteiger partial charge in [0.2, 0.25) is 5.78 Å². The van der Waals surface area contributed by atoms with Gasteiger partial charge in [0.1, 0.15) is 0 Å². The van der Waals surface area contributed by atoms with Crippen LogP contribution in [0.1, 0.15) is 15.9 Å². The molecule has 1 aromatic carbocycles. The van der Waals surface area contributed by atoms with Crippen LogP contribution < -0.4 is 0 Å². The molecule has 0 amide bonds. The third-order valence-corrected chi connectivity index (χ3v) is 1.97. The third-order valence-electron chi connectivity index (χ3n) is 1.56. The van der Waals surface area contributed by atoms with Crippen LogP contribution in [0.15, 0.2) is 18.2 Å². The first-order chi connectivity index (χ1) is 5.65. The molecule has 2 N–H and O–H groups in total. The number of hydrogen-bond acceptors (Lipinski definition) is 2. The van der Waals surface area contributed by atoms with E-state index in [0.29, 0.717) is 10.6 Å². The van der Waals surface area contributed by atoms with Gasteiger partial charge in [0.05, 0.1) is 0 Å². The minimum atomic E-state index is -0.545. The molecule has 0 bridgehead atoms. The monoisotopic (exact) mass is 200 g/mol. The number of hydrogen-bond donors (Lipinski definition) is 0. The first kappa shape index (κ1) is 11.8. The molecule has 3 nitrogen and oxygen atoms in total. The van der Waals surface area contributed by atoms with Gasteiger partial charge >= 0.3 is 0 Å². The highest BCUT2D eigenvalue weighted by molar-refractivity contribution is 6.35. The molecule has 0 aromatic heterocycles. The summed E-state index contributed by atoms with van der Waals surface area (Å²) in [5.41, 5.74) is 1.22. The maximum Gasteiger partial charge on any atom is 0.225 e. The van der Waals surface area contributed by atoms with Crippen LogP contribution >= 0.6 is 11.6 Å². The Morgan fingerprint density at radius 3 is 2.54 bits per heavy atom. The van der Waals surface area contributed by atoms with Crippen molar-refractivity contribution in [1.82, 2.24) is 0 Å². The maximum atomic E-state index is 10.9. The molecule has 1 rings (SSSR count). The van der Waals surface area contributed by atoms with Gasteiger partial charge in [0.15, 0.2) is 6.29 Å². The molecule has 0 unspecified atom stereocenters. The Balaban J connectivity index is 0.00000144. The van der Waals surface area contributed by atoms with Gasteiger partial charge in [0.25, 0.3) is 0 Å². The van der Waals surface area contributed by atoms with Crippen LogP contribution in [0, 0.1) is 6.92 Å². The average molecular weight is 201 g/mol. The van der Waals surface area contributed by atoms with E-state index in [1.165, 1.54) is 6.07 Å². The summed E-state index contributed by atoms with van der Waals surface area (Å²) in [7, 11) is 0. The molecule has 0 atom stereocenters. The quantitative estimate of drug-likeness (QED) is 0.409. The van der Waals surface area contributed by atoms with Crippen molar-refractivity contribution in [3.8, 4) is 0 Å². The van der Waals surface area contributed by atoms with Crippen molar-refractivity contribution in [2.75, 3.05) is 0 Å². The second kappa shape index (κ2) is 4.74. The number of carbonyl (C=O) groups excluding carboxylic acids is 2. The second-order valence-corrected chi connectivity index (χ2v) is 2.85. The Kier molecular flexibility index (Phi) is 4.31. The smallest absolute Gasteiger partial charge is 0.225 e. The molecule has 0 aliphatic rings. The van der Waals surface area contributed by atoms with Gasteiger partial charge in [0, 0.05) is 10.6 Å². The summed E-state index contributed by atoms with van der Waals surface area (Å²) in [6.45, 7) is 1.83. The summed E-state index contributed by atoms with van der Waals surface area (Å²) in [6.07, 6.45) is 0.279. The van der Waals surface area contributed by atoms with Gasteiger partial charge in [-0.15, -0.1) is 0 Å². The van der Waals surface area contributed by atoms with Crippen LogP contribution in [0.2, 0.25) is 5.02 Å². The average Bonchev–Trinajstić information content (AvgIpc) is 2.08. The van der Waals surface area contributed by atoms with Crippen molar-refractivity contribution in [3.05, 3.63) is 34.3 Å². The van der Waals surface area contributed by atoms with Crippen molar-refractivity contribution in [2.45, 2.75) is 6.92 Å². The summed E-state index contributed by atoms with van der Waals surface area (Å²) in [4.78, 5) is 21.0. The Morgan fingerprint density at radius 2 is 2.08 bits per heavy atom. The molecule has 13 heavy (non-hydrogen) atoms. The number of benzene rings is 1. The first-order valence-electron chi connectivity index (χ1n) is 3.41. The lowest BCUT2D eigenvalue weighted by Gasteiger charge is -1.98. The molecule has 0 saturated heterocycles. The fourth-order valence-corrected chi connectivity index (χ4v) is 0.995. The normalized spacial score (nSPS) is 8.77. The minimum Gasteiger partial charge on any atom is -0.412 e. The molecule has 4 heteroatoms. The van der Waals surface area contributed by atoms with Crippen LogP contribution in [0.4, 0.5) is 0 Å². The molecule has 0 aliphatic carbocycles. The van der Waals surface area contributed by atoms with Gasteiger partial charge < -0.3 is 5.48 Å². The standard InChI is InChI=1S/C9H7ClO2.H2O/c1-6-2-3-7(4-8(6)10)9(12)5-11;/h2-5H,1H3;1H2. The summed E-state index contributed by atoms with van der Waals surface area (Å²) in [5, 5.41) is 0.503. The highest BCUT2D eigenvalue weighted by atomic mass is 35.5. The van der Waals surface area contributed by atoms with E-state index >= 15 is 0 Å². The molecule has 0 aliphatic heterocycles. The summed E-state index contributed by atoms with van der Waals surface area (Å²) < 4.78 is 0. The molecular formula is C9H9ClO3. The van der Waals surface area contributed by atoms with Crippen LogP contribution in [0.25, 0.3) is 0 Å². The van der Waals surface area contributed by atoms with Gasteiger partial charge in [-0.05, 0) is 18.6 Å². The molecular weight excluding hydrogens is 192 g/mol. The van der Waals surface area contributed by atoms with Crippen molar-refractivity contribution in [2.24, 2.45) is 0 Å². The molecule has 0 saturated carbocycles. The first-order valence-corrected chi connectivity index (χ1v) is 3.78. The van der Waals surface area contributed by atoms with Crippen LogP contribution in [-0.4, -0.2) is 17.5 Å². The fourth-order valence-electron chi connectivity index (χ4n) is 0.814. The summed E-state index contributed by atoms with van der Waals surface area (Å²) in [5.74, 6) is -0.545. The van der Waals surface area contributed by atoms with E-state index in [1.807, 2.05) is 6.92 Å². The van der Waals surface area contributed by atoms with E-state index in [9.17, 15) is 9.59 Å². The predicted molar refractivity (Wildman–Crippen MR) is 50.2 cm³/mol. The number of aryl methyl sites for hydroxylation is 1. The third kappa shape index (κ3) is 2.65. The minimum absolute atomic E-state index is 0. The lowest BCUT2D eigenvalue weighted by Crippen LogP contribution is -1.99. The summed E-state index contributed by atoms with van der Waals surface area (Å²) in [6, 6.07) is 4.78. The van der Waals surface area contributed by atoms with E-state index in [-0.39, 0.29) is 11.8 Å². The SMILES string of the molecule is Cc1ccc(C(=O)C=O)cc1Cl.O. The maximum absolute atomic E-state index is 10.9. The van der Waals surface area contributed by atoms with E-state index in [1.54, 1.807) is 12.1 Å². The van der Waals surface area contributed by atoms with E-state index in [0.717, 1.165) is 5.56 Å². The predicted octanol–water partition coefficient (Wildman–Crippen LogP) is 1.21. The Hall–Kier alpha value is -1.19. The zero-order valence-corrected chi connectivity index (χ0v) is 7.76. The number of halogens is 1.